The van der Waals surface area contributed by atoms with Crippen molar-refractivity contribution < 1.29 is 4.79 Å². The first kappa shape index (κ1) is 21.0. The lowest BCUT2D eigenvalue weighted by molar-refractivity contribution is -0.129. The predicted molar refractivity (Wildman–Crippen MR) is 120 cm³/mol. The van der Waals surface area contributed by atoms with E-state index in [1.807, 2.05) is 67.3 Å². The molecule has 0 radical (unpaired) electrons. The SMILES string of the molecule is C=C/C=C(\C=C)C(S)CCC1C(=O)N(c2ccccc2)C1C(/C=C\C)=C/C. The standard InChI is InChI=1S/C24H29NOS/c1-5-12-18(7-3)22(27)17-16-21-23(19(8-4)13-6-2)25(24(21)26)20-14-10-9-11-15-20/h5-15,21-23,27H,1,3,16-17H2,2,4H3/b13-6-,18-12+,19-8+. The number of allylic oxidation sites excluding steroid dienone is 5. The van der Waals surface area contributed by atoms with Crippen LogP contribution in [0.25, 0.3) is 0 Å². The van der Waals surface area contributed by atoms with Gasteiger partial charge in [-0.1, -0.05) is 67.8 Å². The number of anilines is 1. The molecule has 1 aromatic rings. The second kappa shape index (κ2) is 10.2. The highest BCUT2D eigenvalue weighted by Crippen LogP contribution is 2.40. The van der Waals surface area contributed by atoms with E-state index in [9.17, 15) is 4.79 Å². The van der Waals surface area contributed by atoms with Crippen molar-refractivity contribution in [2.24, 2.45) is 5.92 Å². The van der Waals surface area contributed by atoms with Gasteiger partial charge in [-0.15, -0.1) is 0 Å². The Morgan fingerprint density at radius 2 is 1.96 bits per heavy atom. The lowest BCUT2D eigenvalue weighted by Crippen LogP contribution is -2.62. The second-order valence-corrected chi connectivity index (χ2v) is 7.21. The van der Waals surface area contributed by atoms with E-state index in [0.29, 0.717) is 0 Å². The molecule has 1 heterocycles. The summed E-state index contributed by atoms with van der Waals surface area (Å²) in [4.78, 5) is 14.9. The van der Waals surface area contributed by atoms with Gasteiger partial charge in [0.2, 0.25) is 5.91 Å². The number of nitrogens with zero attached hydrogens (tertiary/aromatic N) is 1. The number of carbonyl (C=O) groups excluding carboxylic acids is 1. The number of carbonyl (C=O) groups is 1. The minimum atomic E-state index is -0.0305. The molecule has 3 unspecified atom stereocenters. The first-order valence-electron chi connectivity index (χ1n) is 9.39. The van der Waals surface area contributed by atoms with Crippen molar-refractivity contribution in [1.29, 1.82) is 0 Å². The molecule has 142 valence electrons. The first-order chi connectivity index (χ1) is 13.1. The summed E-state index contributed by atoms with van der Waals surface area (Å²) in [6, 6.07) is 9.97. The zero-order valence-corrected chi connectivity index (χ0v) is 17.1. The average Bonchev–Trinajstić information content (AvgIpc) is 2.69. The zero-order chi connectivity index (χ0) is 19.8. The van der Waals surface area contributed by atoms with E-state index >= 15 is 0 Å². The Hall–Kier alpha value is -2.26. The molecule has 0 spiro atoms. The van der Waals surface area contributed by atoms with E-state index < -0.39 is 0 Å². The van der Waals surface area contributed by atoms with Gasteiger partial charge in [-0.3, -0.25) is 4.79 Å². The number of amides is 1. The molecule has 1 aliphatic rings. The minimum Gasteiger partial charge on any atom is -0.304 e. The Labute approximate surface area is 169 Å². The molecule has 0 aromatic heterocycles. The van der Waals surface area contributed by atoms with Crippen LogP contribution in [0.5, 0.6) is 0 Å². The highest BCUT2D eigenvalue weighted by atomic mass is 32.1. The molecule has 1 fully saturated rings. The number of thiol groups is 1. The van der Waals surface area contributed by atoms with Crippen LogP contribution in [0.3, 0.4) is 0 Å². The predicted octanol–water partition coefficient (Wildman–Crippen LogP) is 5.92. The molecule has 0 aliphatic carbocycles. The number of rotatable bonds is 9. The summed E-state index contributed by atoms with van der Waals surface area (Å²) < 4.78 is 0. The molecule has 1 aromatic carbocycles. The molecule has 2 nitrogen and oxygen atoms in total. The van der Waals surface area contributed by atoms with Gasteiger partial charge in [-0.25, -0.2) is 0 Å². The quantitative estimate of drug-likeness (QED) is 0.321. The van der Waals surface area contributed by atoms with E-state index in [1.165, 1.54) is 5.57 Å². The maximum Gasteiger partial charge on any atom is 0.233 e. The number of para-hydroxylation sites is 1. The summed E-state index contributed by atoms with van der Waals surface area (Å²) >= 11 is 4.70. The largest absolute Gasteiger partial charge is 0.304 e. The lowest BCUT2D eigenvalue weighted by atomic mass is 9.78. The fourth-order valence-electron chi connectivity index (χ4n) is 3.60. The molecule has 1 saturated heterocycles. The molecular weight excluding hydrogens is 350 g/mol. The van der Waals surface area contributed by atoms with E-state index in [-0.39, 0.29) is 23.1 Å². The Bertz CT molecular complexity index is 760. The van der Waals surface area contributed by atoms with Crippen molar-refractivity contribution in [3.8, 4) is 0 Å². The van der Waals surface area contributed by atoms with Crippen LogP contribution in [0.2, 0.25) is 0 Å². The van der Waals surface area contributed by atoms with Gasteiger partial charge in [-0.2, -0.15) is 12.6 Å². The second-order valence-electron chi connectivity index (χ2n) is 6.58. The first-order valence-corrected chi connectivity index (χ1v) is 9.90. The van der Waals surface area contributed by atoms with Gasteiger partial charge in [0.15, 0.2) is 0 Å². The molecule has 0 N–H and O–H groups in total. The zero-order valence-electron chi connectivity index (χ0n) is 16.2. The van der Waals surface area contributed by atoms with Crippen LogP contribution in [0, 0.1) is 5.92 Å². The average molecular weight is 380 g/mol. The lowest BCUT2D eigenvalue weighted by Gasteiger charge is -2.48. The Morgan fingerprint density at radius 1 is 1.26 bits per heavy atom. The van der Waals surface area contributed by atoms with Gasteiger partial charge >= 0.3 is 0 Å². The van der Waals surface area contributed by atoms with E-state index in [4.69, 9.17) is 12.6 Å². The summed E-state index contributed by atoms with van der Waals surface area (Å²) in [7, 11) is 0. The highest BCUT2D eigenvalue weighted by molar-refractivity contribution is 7.81. The van der Waals surface area contributed by atoms with Crippen molar-refractivity contribution in [3.63, 3.8) is 0 Å². The van der Waals surface area contributed by atoms with Crippen LogP contribution < -0.4 is 4.90 Å². The van der Waals surface area contributed by atoms with Crippen LogP contribution in [-0.2, 0) is 4.79 Å². The van der Waals surface area contributed by atoms with Crippen LogP contribution in [0.15, 0.2) is 91.1 Å². The molecule has 3 atom stereocenters. The normalized spacial score (nSPS) is 21.9. The Balaban J connectivity index is 2.22. The molecular formula is C24H29NOS. The van der Waals surface area contributed by atoms with Crippen molar-refractivity contribution >= 4 is 24.2 Å². The van der Waals surface area contributed by atoms with Crippen molar-refractivity contribution in [3.05, 3.63) is 91.1 Å². The van der Waals surface area contributed by atoms with Crippen molar-refractivity contribution in [2.45, 2.75) is 38.0 Å². The van der Waals surface area contributed by atoms with Gasteiger partial charge in [-0.05, 0) is 50.0 Å². The number of hydrogen-bond acceptors (Lipinski definition) is 2. The molecule has 2 rings (SSSR count). The van der Waals surface area contributed by atoms with Crippen LogP contribution in [-0.4, -0.2) is 17.2 Å². The number of hydrogen-bond donors (Lipinski definition) is 1. The van der Waals surface area contributed by atoms with Crippen molar-refractivity contribution in [1.82, 2.24) is 0 Å². The summed E-state index contributed by atoms with van der Waals surface area (Å²) in [5, 5.41) is 0.0514. The fraction of sp³-hybridized carbons (Fsp3) is 0.292. The molecule has 0 saturated carbocycles. The van der Waals surface area contributed by atoms with Crippen molar-refractivity contribution in [2.75, 3.05) is 4.90 Å². The molecule has 27 heavy (non-hydrogen) atoms. The van der Waals surface area contributed by atoms with E-state index in [1.54, 1.807) is 6.08 Å². The molecule has 0 bridgehead atoms. The Morgan fingerprint density at radius 3 is 2.52 bits per heavy atom. The van der Waals surface area contributed by atoms with E-state index in [2.05, 4.69) is 25.3 Å². The summed E-state index contributed by atoms with van der Waals surface area (Å²) in [6.45, 7) is 11.6. The monoisotopic (exact) mass is 379 g/mol. The third kappa shape index (κ3) is 4.72. The topological polar surface area (TPSA) is 20.3 Å². The molecule has 1 aliphatic heterocycles. The van der Waals surface area contributed by atoms with E-state index in [0.717, 1.165) is 24.1 Å². The maximum atomic E-state index is 13.0. The van der Waals surface area contributed by atoms with Gasteiger partial charge in [0.1, 0.15) is 0 Å². The third-order valence-electron chi connectivity index (χ3n) is 4.96. The van der Waals surface area contributed by atoms with Gasteiger partial charge in [0.25, 0.3) is 0 Å². The van der Waals surface area contributed by atoms with Gasteiger partial charge in [0, 0.05) is 10.9 Å². The fourth-order valence-corrected chi connectivity index (χ4v) is 3.94. The summed E-state index contributed by atoms with van der Waals surface area (Å²) in [6.07, 6.45) is 13.3. The van der Waals surface area contributed by atoms with Crippen LogP contribution in [0.1, 0.15) is 26.7 Å². The van der Waals surface area contributed by atoms with Crippen LogP contribution >= 0.6 is 12.6 Å². The Kier molecular flexibility index (Phi) is 7.93. The smallest absolute Gasteiger partial charge is 0.233 e. The molecule has 1 amide bonds. The number of β-lactam (4-membered cyclic amide) rings is 1. The molecule has 3 heteroatoms. The van der Waals surface area contributed by atoms with Gasteiger partial charge in [0.05, 0.1) is 12.0 Å². The summed E-state index contributed by atoms with van der Waals surface area (Å²) in [5.74, 6) is 0.153. The minimum absolute atomic E-state index is 0.0305. The summed E-state index contributed by atoms with van der Waals surface area (Å²) in [5.41, 5.74) is 3.16. The van der Waals surface area contributed by atoms with Gasteiger partial charge < -0.3 is 4.90 Å². The number of benzene rings is 1. The maximum absolute atomic E-state index is 13.0. The highest BCUT2D eigenvalue weighted by Gasteiger charge is 2.48. The van der Waals surface area contributed by atoms with Crippen LogP contribution in [0.4, 0.5) is 5.69 Å². The third-order valence-corrected chi connectivity index (χ3v) is 5.52.